The number of rotatable bonds is 4. The molecule has 0 saturated heterocycles. The fourth-order valence-corrected chi connectivity index (χ4v) is 2.86. The lowest BCUT2D eigenvalue weighted by Gasteiger charge is -2.05. The molecule has 0 atom stereocenters. The summed E-state index contributed by atoms with van der Waals surface area (Å²) in [4.78, 5) is 9.68. The Balaban J connectivity index is 1.87. The molecule has 3 aromatic rings. The number of nitrogens with one attached hydrogen (secondary N) is 1. The minimum absolute atomic E-state index is 0.858. The minimum atomic E-state index is 0.858. The SMILES string of the molecule is CCNc1cc(Sc2ccc3ccccc3c2)ncn1. The maximum Gasteiger partial charge on any atom is 0.130 e. The largest absolute Gasteiger partial charge is 0.370 e. The van der Waals surface area contributed by atoms with E-state index in [0.29, 0.717) is 0 Å². The van der Waals surface area contributed by atoms with Crippen LogP contribution in [0.25, 0.3) is 10.8 Å². The van der Waals surface area contributed by atoms with Crippen molar-refractivity contribution in [3.8, 4) is 0 Å². The molecule has 0 unspecified atom stereocenters. The van der Waals surface area contributed by atoms with Gasteiger partial charge in [0.25, 0.3) is 0 Å². The Morgan fingerprint density at radius 2 is 1.85 bits per heavy atom. The van der Waals surface area contributed by atoms with Crippen molar-refractivity contribution in [1.82, 2.24) is 9.97 Å². The van der Waals surface area contributed by atoms with E-state index in [2.05, 4.69) is 64.7 Å². The predicted octanol–water partition coefficient (Wildman–Crippen LogP) is 4.21. The first kappa shape index (κ1) is 12.9. The molecule has 0 aliphatic carbocycles. The molecule has 0 radical (unpaired) electrons. The van der Waals surface area contributed by atoms with Gasteiger partial charge in [0.2, 0.25) is 0 Å². The Bertz CT molecular complexity index is 727. The molecule has 1 heterocycles. The molecule has 3 nitrogen and oxygen atoms in total. The maximum atomic E-state index is 4.31. The van der Waals surface area contributed by atoms with Crippen LogP contribution >= 0.6 is 11.8 Å². The monoisotopic (exact) mass is 281 g/mol. The molecule has 2 aromatic carbocycles. The second-order valence-electron chi connectivity index (χ2n) is 4.38. The van der Waals surface area contributed by atoms with Crippen molar-refractivity contribution >= 4 is 28.4 Å². The molecule has 4 heteroatoms. The highest BCUT2D eigenvalue weighted by atomic mass is 32.2. The van der Waals surface area contributed by atoms with Crippen LogP contribution in [0.5, 0.6) is 0 Å². The number of nitrogens with zero attached hydrogens (tertiary/aromatic N) is 2. The molecule has 0 fully saturated rings. The van der Waals surface area contributed by atoms with Gasteiger partial charge in [0.15, 0.2) is 0 Å². The molecule has 0 aliphatic heterocycles. The maximum absolute atomic E-state index is 4.31. The zero-order chi connectivity index (χ0) is 13.8. The smallest absolute Gasteiger partial charge is 0.130 e. The van der Waals surface area contributed by atoms with Crippen LogP contribution in [0, 0.1) is 0 Å². The average molecular weight is 281 g/mol. The van der Waals surface area contributed by atoms with E-state index < -0.39 is 0 Å². The second kappa shape index (κ2) is 5.92. The summed E-state index contributed by atoms with van der Waals surface area (Å²) in [5.74, 6) is 0.866. The van der Waals surface area contributed by atoms with Gasteiger partial charge in [-0.3, -0.25) is 0 Å². The highest BCUT2D eigenvalue weighted by Gasteiger charge is 2.02. The molecule has 1 N–H and O–H groups in total. The van der Waals surface area contributed by atoms with Crippen LogP contribution in [-0.4, -0.2) is 16.5 Å². The first-order valence-corrected chi connectivity index (χ1v) is 7.39. The molecule has 0 amide bonds. The summed E-state index contributed by atoms with van der Waals surface area (Å²) in [5.41, 5.74) is 0. The standard InChI is InChI=1S/C16H15N3S/c1-2-17-15-10-16(19-11-18-15)20-14-8-7-12-5-3-4-6-13(12)9-14/h3-11H,2H2,1H3,(H,17,18,19). The summed E-state index contributed by atoms with van der Waals surface area (Å²) in [5, 5.41) is 6.65. The van der Waals surface area contributed by atoms with Gasteiger partial charge in [-0.1, -0.05) is 42.1 Å². The van der Waals surface area contributed by atoms with E-state index in [-0.39, 0.29) is 0 Å². The van der Waals surface area contributed by atoms with Gasteiger partial charge < -0.3 is 5.32 Å². The molecule has 1 aromatic heterocycles. The third-order valence-electron chi connectivity index (χ3n) is 2.94. The third-order valence-corrected chi connectivity index (χ3v) is 3.87. The van der Waals surface area contributed by atoms with Crippen LogP contribution < -0.4 is 5.32 Å². The van der Waals surface area contributed by atoms with E-state index in [4.69, 9.17) is 0 Å². The predicted molar refractivity (Wildman–Crippen MR) is 84.3 cm³/mol. The quantitative estimate of drug-likeness (QED) is 0.727. The van der Waals surface area contributed by atoms with Gasteiger partial charge in [0, 0.05) is 17.5 Å². The molecule has 0 spiro atoms. The van der Waals surface area contributed by atoms with Crippen molar-refractivity contribution < 1.29 is 0 Å². The van der Waals surface area contributed by atoms with Crippen molar-refractivity contribution in [2.75, 3.05) is 11.9 Å². The van der Waals surface area contributed by atoms with E-state index in [0.717, 1.165) is 17.4 Å². The van der Waals surface area contributed by atoms with Crippen molar-refractivity contribution in [2.45, 2.75) is 16.8 Å². The lowest BCUT2D eigenvalue weighted by atomic mass is 10.1. The van der Waals surface area contributed by atoms with Gasteiger partial charge >= 0.3 is 0 Å². The minimum Gasteiger partial charge on any atom is -0.370 e. The van der Waals surface area contributed by atoms with Gasteiger partial charge in [0.05, 0.1) is 0 Å². The molecular formula is C16H15N3S. The van der Waals surface area contributed by atoms with Crippen LogP contribution in [0.1, 0.15) is 6.92 Å². The van der Waals surface area contributed by atoms with Crippen LogP contribution in [0.2, 0.25) is 0 Å². The summed E-state index contributed by atoms with van der Waals surface area (Å²) >= 11 is 1.65. The van der Waals surface area contributed by atoms with Crippen molar-refractivity contribution in [3.05, 3.63) is 54.9 Å². The molecule has 0 saturated carbocycles. The van der Waals surface area contributed by atoms with Crippen LogP contribution in [0.15, 0.2) is 64.8 Å². The zero-order valence-electron chi connectivity index (χ0n) is 11.2. The van der Waals surface area contributed by atoms with Gasteiger partial charge in [-0.2, -0.15) is 0 Å². The summed E-state index contributed by atoms with van der Waals surface area (Å²) < 4.78 is 0. The Morgan fingerprint density at radius 3 is 2.70 bits per heavy atom. The molecular weight excluding hydrogens is 266 g/mol. The Kier molecular flexibility index (Phi) is 3.83. The average Bonchev–Trinajstić information content (AvgIpc) is 2.48. The summed E-state index contributed by atoms with van der Waals surface area (Å²) in [6.45, 7) is 2.91. The molecule has 20 heavy (non-hydrogen) atoms. The Hall–Kier alpha value is -2.07. The highest BCUT2D eigenvalue weighted by molar-refractivity contribution is 7.99. The fourth-order valence-electron chi connectivity index (χ4n) is 2.02. The van der Waals surface area contributed by atoms with Crippen molar-refractivity contribution in [1.29, 1.82) is 0 Å². The van der Waals surface area contributed by atoms with E-state index in [1.807, 2.05) is 6.07 Å². The Labute approximate surface area is 122 Å². The van der Waals surface area contributed by atoms with Crippen LogP contribution in [0.3, 0.4) is 0 Å². The molecule has 3 rings (SSSR count). The highest BCUT2D eigenvalue weighted by Crippen LogP contribution is 2.29. The molecule has 0 aliphatic rings. The van der Waals surface area contributed by atoms with Crippen LogP contribution in [0.4, 0.5) is 5.82 Å². The zero-order valence-corrected chi connectivity index (χ0v) is 12.0. The summed E-state index contributed by atoms with van der Waals surface area (Å²) in [6.07, 6.45) is 1.60. The van der Waals surface area contributed by atoms with E-state index in [1.54, 1.807) is 18.1 Å². The lowest BCUT2D eigenvalue weighted by molar-refractivity contribution is 1.03. The van der Waals surface area contributed by atoms with Crippen molar-refractivity contribution in [2.24, 2.45) is 0 Å². The van der Waals surface area contributed by atoms with Gasteiger partial charge in [-0.15, -0.1) is 0 Å². The molecule has 100 valence electrons. The number of fused-ring (bicyclic) bond motifs is 1. The fraction of sp³-hybridized carbons (Fsp3) is 0.125. The number of hydrogen-bond acceptors (Lipinski definition) is 4. The number of hydrogen-bond donors (Lipinski definition) is 1. The van der Waals surface area contributed by atoms with Gasteiger partial charge in [0.1, 0.15) is 17.2 Å². The van der Waals surface area contributed by atoms with Gasteiger partial charge in [-0.25, -0.2) is 9.97 Å². The number of benzene rings is 2. The summed E-state index contributed by atoms with van der Waals surface area (Å²) in [6, 6.07) is 16.8. The molecule has 0 bridgehead atoms. The van der Waals surface area contributed by atoms with Crippen LogP contribution in [-0.2, 0) is 0 Å². The topological polar surface area (TPSA) is 37.8 Å². The number of aromatic nitrogens is 2. The van der Waals surface area contributed by atoms with E-state index >= 15 is 0 Å². The first-order chi connectivity index (χ1) is 9.85. The van der Waals surface area contributed by atoms with E-state index in [9.17, 15) is 0 Å². The third kappa shape index (κ3) is 2.91. The van der Waals surface area contributed by atoms with Gasteiger partial charge in [-0.05, 0) is 29.8 Å². The summed E-state index contributed by atoms with van der Waals surface area (Å²) in [7, 11) is 0. The van der Waals surface area contributed by atoms with Crippen molar-refractivity contribution in [3.63, 3.8) is 0 Å². The normalized spacial score (nSPS) is 10.7. The second-order valence-corrected chi connectivity index (χ2v) is 5.48. The Morgan fingerprint density at radius 1 is 1.00 bits per heavy atom. The number of anilines is 1. The van der Waals surface area contributed by atoms with E-state index in [1.165, 1.54) is 15.7 Å². The first-order valence-electron chi connectivity index (χ1n) is 6.58. The lowest BCUT2D eigenvalue weighted by Crippen LogP contribution is -1.99.